The van der Waals surface area contributed by atoms with Crippen molar-refractivity contribution in [3.63, 3.8) is 0 Å². The van der Waals surface area contributed by atoms with E-state index in [1.807, 2.05) is 0 Å². The summed E-state index contributed by atoms with van der Waals surface area (Å²) in [6.45, 7) is 4.41. The third-order valence-corrected chi connectivity index (χ3v) is 3.17. The summed E-state index contributed by atoms with van der Waals surface area (Å²) in [5.74, 6) is 0.676. The number of rotatable bonds is 3. The summed E-state index contributed by atoms with van der Waals surface area (Å²) >= 11 is 0.519. The molecule has 0 atom stereocenters. The van der Waals surface area contributed by atoms with Crippen LogP contribution in [0.4, 0.5) is 0 Å². The fraction of sp³-hybridized carbons (Fsp3) is 0.273. The molecule has 0 saturated heterocycles. The van der Waals surface area contributed by atoms with Gasteiger partial charge in [-0.3, -0.25) is 0 Å². The van der Waals surface area contributed by atoms with Gasteiger partial charge in [-0.15, -0.1) is 0 Å². The molecule has 0 spiro atoms. The molecule has 12 heavy (non-hydrogen) atoms. The summed E-state index contributed by atoms with van der Waals surface area (Å²) < 4.78 is 1.45. The molecule has 0 amide bonds. The van der Waals surface area contributed by atoms with Gasteiger partial charge in [0.05, 0.1) is 0 Å². The van der Waals surface area contributed by atoms with Crippen molar-refractivity contribution in [1.82, 2.24) is 0 Å². The van der Waals surface area contributed by atoms with E-state index in [0.29, 0.717) is 20.9 Å². The maximum absolute atomic E-state index is 2.30. The van der Waals surface area contributed by atoms with Gasteiger partial charge in [0.15, 0.2) is 0 Å². The van der Waals surface area contributed by atoms with E-state index in [1.54, 1.807) is 0 Å². The van der Waals surface area contributed by atoms with Crippen LogP contribution in [0.15, 0.2) is 41.4 Å². The molecule has 1 heteroatoms. The number of hydrogen-bond acceptors (Lipinski definition) is 0. The molecule has 0 aromatic heterocycles. The predicted octanol–water partition coefficient (Wildman–Crippen LogP) is 2.19. The standard InChI is InChI=1S/C11H14Se/c1-10(2)8-9-12-11-6-4-3-5-7-11/h3-10H,1-2H3/b9-8+. The third-order valence-electron chi connectivity index (χ3n) is 1.41. The Balaban J connectivity index is 2.43. The first-order valence-electron chi connectivity index (χ1n) is 4.17. The molecule has 64 valence electrons. The molecule has 0 nitrogen and oxygen atoms in total. The van der Waals surface area contributed by atoms with Gasteiger partial charge in [-0.05, 0) is 0 Å². The normalized spacial score (nSPS) is 11.2. The van der Waals surface area contributed by atoms with Gasteiger partial charge in [-0.2, -0.15) is 0 Å². The maximum atomic E-state index is 2.30. The molecule has 0 N–H and O–H groups in total. The Morgan fingerprint density at radius 3 is 2.42 bits per heavy atom. The zero-order valence-corrected chi connectivity index (χ0v) is 9.24. The van der Waals surface area contributed by atoms with Crippen molar-refractivity contribution in [2.24, 2.45) is 5.92 Å². The third kappa shape index (κ3) is 3.75. The van der Waals surface area contributed by atoms with E-state index in [2.05, 4.69) is 55.2 Å². The van der Waals surface area contributed by atoms with Crippen molar-refractivity contribution < 1.29 is 0 Å². The molecule has 0 aliphatic heterocycles. The summed E-state index contributed by atoms with van der Waals surface area (Å²) in [5, 5.41) is 0. The van der Waals surface area contributed by atoms with E-state index < -0.39 is 0 Å². The fourth-order valence-electron chi connectivity index (χ4n) is 0.774. The molecular formula is C11H14Se. The van der Waals surface area contributed by atoms with Gasteiger partial charge in [0.25, 0.3) is 0 Å². The van der Waals surface area contributed by atoms with Crippen LogP contribution in [0.5, 0.6) is 0 Å². The predicted molar refractivity (Wildman–Crippen MR) is 55.8 cm³/mol. The molecule has 0 aliphatic carbocycles. The second-order valence-corrected chi connectivity index (χ2v) is 5.06. The van der Waals surface area contributed by atoms with E-state index >= 15 is 0 Å². The second-order valence-electron chi connectivity index (χ2n) is 3.00. The van der Waals surface area contributed by atoms with Crippen LogP contribution in [0.3, 0.4) is 0 Å². The van der Waals surface area contributed by atoms with Crippen LogP contribution in [0, 0.1) is 5.92 Å². The van der Waals surface area contributed by atoms with Gasteiger partial charge in [-0.25, -0.2) is 0 Å². The molecule has 0 saturated carbocycles. The molecule has 0 fully saturated rings. The number of benzene rings is 1. The summed E-state index contributed by atoms with van der Waals surface area (Å²) in [7, 11) is 0. The number of allylic oxidation sites excluding steroid dienone is 1. The van der Waals surface area contributed by atoms with E-state index in [0.717, 1.165) is 0 Å². The zero-order valence-electron chi connectivity index (χ0n) is 7.53. The summed E-state index contributed by atoms with van der Waals surface area (Å²) in [4.78, 5) is 2.30. The summed E-state index contributed by atoms with van der Waals surface area (Å²) in [5.41, 5.74) is 0. The first-order valence-corrected chi connectivity index (χ1v) is 6.02. The first-order chi connectivity index (χ1) is 5.79. The zero-order chi connectivity index (χ0) is 8.81. The van der Waals surface area contributed by atoms with Crippen LogP contribution in [0.1, 0.15) is 13.8 Å². The van der Waals surface area contributed by atoms with Gasteiger partial charge in [0.2, 0.25) is 0 Å². The van der Waals surface area contributed by atoms with Crippen LogP contribution < -0.4 is 4.46 Å². The SMILES string of the molecule is CC(C)/C=C/[Se]c1ccccc1. The first kappa shape index (κ1) is 9.57. The van der Waals surface area contributed by atoms with Gasteiger partial charge < -0.3 is 0 Å². The molecule has 1 aromatic rings. The van der Waals surface area contributed by atoms with Crippen LogP contribution in [-0.4, -0.2) is 15.0 Å². The average molecular weight is 225 g/mol. The van der Waals surface area contributed by atoms with E-state index in [4.69, 9.17) is 0 Å². The number of hydrogen-bond donors (Lipinski definition) is 0. The van der Waals surface area contributed by atoms with Crippen molar-refractivity contribution in [3.8, 4) is 0 Å². The van der Waals surface area contributed by atoms with Crippen LogP contribution >= 0.6 is 0 Å². The van der Waals surface area contributed by atoms with E-state index in [-0.39, 0.29) is 0 Å². The van der Waals surface area contributed by atoms with Crippen LogP contribution in [0.25, 0.3) is 0 Å². The molecule has 0 radical (unpaired) electrons. The van der Waals surface area contributed by atoms with Crippen molar-refractivity contribution in [2.45, 2.75) is 13.8 Å². The van der Waals surface area contributed by atoms with Crippen LogP contribution in [0.2, 0.25) is 0 Å². The molecule has 0 bridgehead atoms. The quantitative estimate of drug-likeness (QED) is 0.692. The molecule has 1 aromatic carbocycles. The van der Waals surface area contributed by atoms with E-state index in [9.17, 15) is 0 Å². The fourth-order valence-corrected chi connectivity index (χ4v) is 2.59. The Morgan fingerprint density at radius 1 is 1.17 bits per heavy atom. The molecular weight excluding hydrogens is 211 g/mol. The Hall–Kier alpha value is -0.521. The minimum absolute atomic E-state index is 0.519. The Morgan fingerprint density at radius 2 is 1.83 bits per heavy atom. The molecule has 1 rings (SSSR count). The van der Waals surface area contributed by atoms with Gasteiger partial charge in [0, 0.05) is 0 Å². The van der Waals surface area contributed by atoms with E-state index in [1.165, 1.54) is 4.46 Å². The van der Waals surface area contributed by atoms with Crippen molar-refractivity contribution >= 4 is 19.4 Å². The van der Waals surface area contributed by atoms with Gasteiger partial charge in [0.1, 0.15) is 0 Å². The average Bonchev–Trinajstić information content (AvgIpc) is 2.05. The summed E-state index contributed by atoms with van der Waals surface area (Å²) in [6, 6.07) is 10.6. The molecule has 0 heterocycles. The minimum atomic E-state index is 0.519. The van der Waals surface area contributed by atoms with Gasteiger partial charge in [-0.1, -0.05) is 0 Å². The second kappa shape index (κ2) is 5.18. The monoisotopic (exact) mass is 226 g/mol. The van der Waals surface area contributed by atoms with Gasteiger partial charge >= 0.3 is 80.6 Å². The Bertz CT molecular complexity index is 236. The molecule has 0 aliphatic rings. The topological polar surface area (TPSA) is 0 Å². The van der Waals surface area contributed by atoms with Crippen molar-refractivity contribution in [3.05, 3.63) is 41.4 Å². The molecule has 0 unspecified atom stereocenters. The summed E-state index contributed by atoms with van der Waals surface area (Å²) in [6.07, 6.45) is 2.27. The van der Waals surface area contributed by atoms with Crippen LogP contribution in [-0.2, 0) is 0 Å². The van der Waals surface area contributed by atoms with Crippen molar-refractivity contribution in [1.29, 1.82) is 0 Å². The Kier molecular flexibility index (Phi) is 4.13. The Labute approximate surface area is 80.8 Å². The van der Waals surface area contributed by atoms with Crippen molar-refractivity contribution in [2.75, 3.05) is 0 Å².